The summed E-state index contributed by atoms with van der Waals surface area (Å²) in [6.07, 6.45) is 2.59. The van der Waals surface area contributed by atoms with E-state index >= 15 is 0 Å². The molecule has 1 saturated carbocycles. The fraction of sp³-hybridized carbons (Fsp3) is 0.316. The molecular weight excluding hydrogens is 310 g/mol. The summed E-state index contributed by atoms with van der Waals surface area (Å²) in [6.45, 7) is 0. The van der Waals surface area contributed by atoms with Crippen LogP contribution >= 0.6 is 11.6 Å². The van der Waals surface area contributed by atoms with Gasteiger partial charge in [0, 0.05) is 29.1 Å². The topological polar surface area (TPSA) is 40.5 Å². The van der Waals surface area contributed by atoms with Crippen LogP contribution in [-0.4, -0.2) is 16.9 Å². The van der Waals surface area contributed by atoms with Crippen molar-refractivity contribution in [3.63, 3.8) is 0 Å². The number of hydrogen-bond acceptors (Lipinski definition) is 3. The third-order valence-corrected chi connectivity index (χ3v) is 5.31. The van der Waals surface area contributed by atoms with E-state index < -0.39 is 0 Å². The second-order valence-electron chi connectivity index (χ2n) is 6.43. The number of carbonyl (C=O) groups excluding carboxylic acids is 1. The largest absolute Gasteiger partial charge is 0.508 e. The number of phenolic OH excluding ortho intramolecular Hbond substituents is 1. The van der Waals surface area contributed by atoms with Crippen LogP contribution in [0.1, 0.15) is 30.9 Å². The van der Waals surface area contributed by atoms with Gasteiger partial charge in [0.2, 0.25) is 0 Å². The summed E-state index contributed by atoms with van der Waals surface area (Å²) in [5, 5.41) is 10.3. The molecule has 0 amide bonds. The Morgan fingerprint density at radius 3 is 2.57 bits per heavy atom. The normalized spacial score (nSPS) is 26.6. The van der Waals surface area contributed by atoms with Crippen molar-refractivity contribution >= 4 is 23.1 Å². The number of halogens is 1. The molecule has 3 nitrogen and oxygen atoms in total. The van der Waals surface area contributed by atoms with E-state index in [1.54, 1.807) is 12.1 Å². The molecule has 2 heterocycles. The highest BCUT2D eigenvalue weighted by Gasteiger charge is 2.47. The molecule has 1 aliphatic carbocycles. The fourth-order valence-corrected chi connectivity index (χ4v) is 4.27. The van der Waals surface area contributed by atoms with E-state index in [2.05, 4.69) is 11.0 Å². The Bertz CT molecular complexity index is 743. The van der Waals surface area contributed by atoms with Crippen LogP contribution in [0.2, 0.25) is 5.02 Å². The maximum absolute atomic E-state index is 12.4. The number of piperidine rings is 2. The fourth-order valence-electron chi connectivity index (χ4n) is 4.08. The van der Waals surface area contributed by atoms with E-state index in [0.29, 0.717) is 17.2 Å². The number of ketones is 1. The number of anilines is 1. The lowest BCUT2D eigenvalue weighted by atomic mass is 9.71. The minimum atomic E-state index is 0.0172. The summed E-state index contributed by atoms with van der Waals surface area (Å²) < 4.78 is 0. The van der Waals surface area contributed by atoms with Crippen molar-refractivity contribution in [1.82, 2.24) is 0 Å². The highest BCUT2D eigenvalue weighted by atomic mass is 35.5. The second-order valence-corrected chi connectivity index (χ2v) is 6.87. The van der Waals surface area contributed by atoms with Crippen molar-refractivity contribution in [1.29, 1.82) is 0 Å². The number of aromatic hydroxyl groups is 1. The van der Waals surface area contributed by atoms with Crippen LogP contribution in [0.25, 0.3) is 0 Å². The minimum Gasteiger partial charge on any atom is -0.508 e. The Morgan fingerprint density at radius 1 is 1.09 bits per heavy atom. The molecule has 3 aliphatic rings. The van der Waals surface area contributed by atoms with Crippen LogP contribution in [-0.2, 0) is 4.79 Å². The summed E-state index contributed by atoms with van der Waals surface area (Å²) in [5.41, 5.74) is 2.14. The zero-order chi connectivity index (χ0) is 16.0. The molecule has 4 heteroatoms. The summed E-state index contributed by atoms with van der Waals surface area (Å²) in [7, 11) is 0. The quantitative estimate of drug-likeness (QED) is 0.891. The number of fused-ring (bicyclic) bond motifs is 3. The first-order valence-corrected chi connectivity index (χ1v) is 8.37. The zero-order valence-electron chi connectivity index (χ0n) is 12.7. The lowest BCUT2D eigenvalue weighted by molar-refractivity contribution is -0.128. The Morgan fingerprint density at radius 2 is 1.87 bits per heavy atom. The van der Waals surface area contributed by atoms with Gasteiger partial charge >= 0.3 is 0 Å². The molecule has 0 spiro atoms. The third kappa shape index (κ3) is 2.49. The molecule has 2 saturated heterocycles. The number of carbonyl (C=O) groups is 1. The maximum Gasteiger partial charge on any atom is 0.140 e. The highest BCUT2D eigenvalue weighted by Crippen LogP contribution is 2.48. The third-order valence-electron chi connectivity index (χ3n) is 5.08. The molecule has 1 N–H and O–H groups in total. The van der Waals surface area contributed by atoms with Gasteiger partial charge in [0.05, 0.1) is 6.04 Å². The smallest absolute Gasteiger partial charge is 0.140 e. The van der Waals surface area contributed by atoms with E-state index in [1.807, 2.05) is 30.3 Å². The predicted octanol–water partition coefficient (Wildman–Crippen LogP) is 4.34. The van der Waals surface area contributed by atoms with Gasteiger partial charge in [0.1, 0.15) is 11.5 Å². The van der Waals surface area contributed by atoms with Crippen molar-refractivity contribution in [3.05, 3.63) is 59.1 Å². The Hall–Kier alpha value is -2.00. The molecule has 118 valence electrons. The Kier molecular flexibility index (Phi) is 3.53. The van der Waals surface area contributed by atoms with E-state index in [1.165, 1.54) is 0 Å². The molecule has 0 radical (unpaired) electrons. The van der Waals surface area contributed by atoms with Gasteiger partial charge in [-0.3, -0.25) is 4.79 Å². The van der Waals surface area contributed by atoms with E-state index in [-0.39, 0.29) is 23.8 Å². The average molecular weight is 328 g/mol. The summed E-state index contributed by atoms with van der Waals surface area (Å²) in [4.78, 5) is 14.8. The van der Waals surface area contributed by atoms with Crippen LogP contribution in [0.4, 0.5) is 5.69 Å². The lowest BCUT2D eigenvalue weighted by Gasteiger charge is -2.52. The first-order chi connectivity index (χ1) is 11.1. The minimum absolute atomic E-state index is 0.0172. The molecule has 2 aromatic rings. The van der Waals surface area contributed by atoms with Gasteiger partial charge in [0.25, 0.3) is 0 Å². The molecule has 5 rings (SSSR count). The second kappa shape index (κ2) is 5.57. The molecule has 3 unspecified atom stereocenters. The van der Waals surface area contributed by atoms with Gasteiger partial charge < -0.3 is 10.0 Å². The first-order valence-electron chi connectivity index (χ1n) is 7.99. The van der Waals surface area contributed by atoms with Gasteiger partial charge in [-0.1, -0.05) is 29.8 Å². The van der Waals surface area contributed by atoms with Crippen molar-refractivity contribution in [2.24, 2.45) is 5.92 Å². The molecular formula is C19H18ClNO2. The van der Waals surface area contributed by atoms with Gasteiger partial charge in [-0.2, -0.15) is 0 Å². The number of benzene rings is 2. The highest BCUT2D eigenvalue weighted by molar-refractivity contribution is 6.30. The summed E-state index contributed by atoms with van der Waals surface area (Å²) >= 11 is 6.18. The zero-order valence-corrected chi connectivity index (χ0v) is 13.4. The molecule has 0 aromatic heterocycles. The number of Topliss-reactive ketones (excluding diaryl/α,β-unsaturated/α-hetero) is 1. The molecule has 2 aliphatic heterocycles. The van der Waals surface area contributed by atoms with Crippen molar-refractivity contribution < 1.29 is 9.90 Å². The molecule has 2 aromatic carbocycles. The van der Waals surface area contributed by atoms with E-state index in [4.69, 9.17) is 11.6 Å². The summed E-state index contributed by atoms with van der Waals surface area (Å²) in [5.74, 6) is 0.622. The van der Waals surface area contributed by atoms with E-state index in [0.717, 1.165) is 24.1 Å². The van der Waals surface area contributed by atoms with Gasteiger partial charge in [-0.25, -0.2) is 0 Å². The Labute approximate surface area is 140 Å². The van der Waals surface area contributed by atoms with Crippen LogP contribution in [0.5, 0.6) is 5.75 Å². The number of rotatable bonds is 2. The maximum atomic E-state index is 12.4. The molecule has 2 bridgehead atoms. The lowest BCUT2D eigenvalue weighted by Crippen LogP contribution is -2.54. The standard InChI is InChI=1S/C19H18ClNO2/c20-13-2-1-3-14(10-13)21-15-6-9-17(18(23)11-15)19(21)12-4-7-16(22)8-5-12/h1-5,7-8,10,15,17,19,22H,6,9,11H2. The van der Waals surface area contributed by atoms with Gasteiger partial charge in [0.15, 0.2) is 0 Å². The number of hydrogen-bond donors (Lipinski definition) is 1. The van der Waals surface area contributed by atoms with Gasteiger partial charge in [-0.05, 0) is 48.7 Å². The average Bonchev–Trinajstić information content (AvgIpc) is 2.55. The molecule has 3 fully saturated rings. The predicted molar refractivity (Wildman–Crippen MR) is 90.9 cm³/mol. The van der Waals surface area contributed by atoms with Crippen LogP contribution in [0.15, 0.2) is 48.5 Å². The van der Waals surface area contributed by atoms with Crippen LogP contribution < -0.4 is 4.90 Å². The molecule has 23 heavy (non-hydrogen) atoms. The monoisotopic (exact) mass is 327 g/mol. The first kappa shape index (κ1) is 14.6. The van der Waals surface area contributed by atoms with Crippen molar-refractivity contribution in [3.8, 4) is 5.75 Å². The number of phenols is 1. The summed E-state index contributed by atoms with van der Waals surface area (Å²) in [6, 6.07) is 15.3. The Balaban J connectivity index is 1.81. The van der Waals surface area contributed by atoms with Crippen LogP contribution in [0.3, 0.4) is 0 Å². The SMILES string of the molecule is O=C1CC2CCC1C(c1ccc(O)cc1)N2c1cccc(Cl)c1. The number of nitrogens with zero attached hydrogens (tertiary/aromatic N) is 1. The van der Waals surface area contributed by atoms with Crippen molar-refractivity contribution in [2.75, 3.05) is 4.90 Å². The van der Waals surface area contributed by atoms with Crippen LogP contribution in [0, 0.1) is 5.92 Å². The van der Waals surface area contributed by atoms with Gasteiger partial charge in [-0.15, -0.1) is 0 Å². The van der Waals surface area contributed by atoms with E-state index in [9.17, 15) is 9.90 Å². The van der Waals surface area contributed by atoms with Crippen molar-refractivity contribution in [2.45, 2.75) is 31.3 Å². The molecule has 3 atom stereocenters.